The Bertz CT molecular complexity index is 544. The van der Waals surface area contributed by atoms with Crippen LogP contribution in [-0.4, -0.2) is 26.3 Å². The van der Waals surface area contributed by atoms with E-state index in [4.69, 9.17) is 5.73 Å². The number of benzene rings is 1. The topological polar surface area (TPSA) is 63.4 Å². The Balaban J connectivity index is 3.29. The fourth-order valence-electron chi connectivity index (χ4n) is 1.55. The van der Waals surface area contributed by atoms with Crippen LogP contribution in [0.15, 0.2) is 17.0 Å². The fraction of sp³-hybridized carbons (Fsp3) is 0.455. The van der Waals surface area contributed by atoms with Gasteiger partial charge in [0.25, 0.3) is 0 Å². The lowest BCUT2D eigenvalue weighted by Crippen LogP contribution is -2.31. The standard InChI is InChI=1S/C11H16F2N2O2S/c1-7(2)6-15(3)18(16,17)10-5-8(14)4-9(12)11(10)13/h4-5,7H,6,14H2,1-3H3. The molecule has 0 radical (unpaired) electrons. The van der Waals surface area contributed by atoms with Crippen molar-refractivity contribution in [3.8, 4) is 0 Å². The van der Waals surface area contributed by atoms with Gasteiger partial charge in [-0.25, -0.2) is 21.5 Å². The summed E-state index contributed by atoms with van der Waals surface area (Å²) in [4.78, 5) is -0.733. The van der Waals surface area contributed by atoms with Crippen molar-refractivity contribution in [3.05, 3.63) is 23.8 Å². The molecule has 0 amide bonds. The molecular formula is C11H16F2N2O2S. The lowest BCUT2D eigenvalue weighted by molar-refractivity contribution is 0.410. The Morgan fingerprint density at radius 3 is 2.39 bits per heavy atom. The number of anilines is 1. The highest BCUT2D eigenvalue weighted by molar-refractivity contribution is 7.89. The van der Waals surface area contributed by atoms with Gasteiger partial charge in [-0.15, -0.1) is 0 Å². The zero-order valence-electron chi connectivity index (χ0n) is 10.4. The van der Waals surface area contributed by atoms with Gasteiger partial charge in [0, 0.05) is 19.3 Å². The van der Waals surface area contributed by atoms with Gasteiger partial charge >= 0.3 is 0 Å². The molecule has 0 bridgehead atoms. The molecule has 2 N–H and O–H groups in total. The number of rotatable bonds is 4. The molecule has 18 heavy (non-hydrogen) atoms. The molecule has 1 aromatic carbocycles. The van der Waals surface area contributed by atoms with Crippen LogP contribution >= 0.6 is 0 Å². The van der Waals surface area contributed by atoms with Gasteiger partial charge in [0.05, 0.1) is 0 Å². The second-order valence-electron chi connectivity index (χ2n) is 4.49. The second-order valence-corrected chi connectivity index (χ2v) is 6.51. The molecule has 102 valence electrons. The van der Waals surface area contributed by atoms with E-state index >= 15 is 0 Å². The summed E-state index contributed by atoms with van der Waals surface area (Å²) in [5.74, 6) is -2.61. The van der Waals surface area contributed by atoms with Crippen molar-refractivity contribution in [3.63, 3.8) is 0 Å². The summed E-state index contributed by atoms with van der Waals surface area (Å²) in [6.07, 6.45) is 0. The van der Waals surface area contributed by atoms with E-state index in [1.165, 1.54) is 7.05 Å². The van der Waals surface area contributed by atoms with E-state index in [0.717, 1.165) is 16.4 Å². The normalized spacial score (nSPS) is 12.4. The first-order valence-corrected chi connectivity index (χ1v) is 6.81. The van der Waals surface area contributed by atoms with Crippen LogP contribution in [-0.2, 0) is 10.0 Å². The minimum atomic E-state index is -4.07. The first kappa shape index (κ1) is 14.8. The minimum absolute atomic E-state index is 0.0683. The zero-order valence-corrected chi connectivity index (χ0v) is 11.3. The van der Waals surface area contributed by atoms with Gasteiger partial charge in [-0.2, -0.15) is 0 Å². The summed E-state index contributed by atoms with van der Waals surface area (Å²) in [6.45, 7) is 3.85. The van der Waals surface area contributed by atoms with Crippen LogP contribution in [0.5, 0.6) is 0 Å². The minimum Gasteiger partial charge on any atom is -0.399 e. The molecule has 0 heterocycles. The van der Waals surface area contributed by atoms with Crippen molar-refractivity contribution in [1.29, 1.82) is 0 Å². The molecule has 7 heteroatoms. The Morgan fingerprint density at radius 1 is 1.33 bits per heavy atom. The van der Waals surface area contributed by atoms with Gasteiger partial charge < -0.3 is 5.73 Å². The van der Waals surface area contributed by atoms with E-state index in [1.807, 2.05) is 13.8 Å². The highest BCUT2D eigenvalue weighted by atomic mass is 32.2. The average molecular weight is 278 g/mol. The van der Waals surface area contributed by atoms with E-state index in [-0.39, 0.29) is 18.2 Å². The number of hydrogen-bond donors (Lipinski definition) is 1. The first-order chi connectivity index (χ1) is 8.16. The van der Waals surface area contributed by atoms with Crippen molar-refractivity contribution in [1.82, 2.24) is 4.31 Å². The molecule has 1 rings (SSSR count). The maximum atomic E-state index is 13.5. The third-order valence-electron chi connectivity index (χ3n) is 2.33. The molecule has 0 aliphatic rings. The summed E-state index contributed by atoms with van der Waals surface area (Å²) in [5, 5.41) is 0. The number of nitrogen functional groups attached to an aromatic ring is 1. The molecular weight excluding hydrogens is 262 g/mol. The predicted octanol–water partition coefficient (Wildman–Crippen LogP) is 1.82. The Hall–Kier alpha value is -1.21. The molecule has 0 saturated carbocycles. The van der Waals surface area contributed by atoms with Gasteiger partial charge in [0.1, 0.15) is 4.90 Å². The predicted molar refractivity (Wildman–Crippen MR) is 65.4 cm³/mol. The molecule has 4 nitrogen and oxygen atoms in total. The largest absolute Gasteiger partial charge is 0.399 e. The molecule has 0 saturated heterocycles. The molecule has 1 aromatic rings. The van der Waals surface area contributed by atoms with E-state index in [1.54, 1.807) is 0 Å². The van der Waals surface area contributed by atoms with Crippen LogP contribution in [0.25, 0.3) is 0 Å². The Labute approximate surface area is 105 Å². The SMILES string of the molecule is CC(C)CN(C)S(=O)(=O)c1cc(N)cc(F)c1F. The monoisotopic (exact) mass is 278 g/mol. The second kappa shape index (κ2) is 5.19. The molecule has 0 fully saturated rings. The van der Waals surface area contributed by atoms with E-state index in [0.29, 0.717) is 0 Å². The van der Waals surface area contributed by atoms with Crippen LogP contribution in [0.1, 0.15) is 13.8 Å². The van der Waals surface area contributed by atoms with Crippen molar-refractivity contribution >= 4 is 15.7 Å². The summed E-state index contributed by atoms with van der Waals surface area (Å²) in [6, 6.07) is 1.67. The maximum absolute atomic E-state index is 13.5. The highest BCUT2D eigenvalue weighted by Gasteiger charge is 2.27. The fourth-order valence-corrected chi connectivity index (χ4v) is 2.99. The van der Waals surface area contributed by atoms with Crippen LogP contribution in [0.4, 0.5) is 14.5 Å². The van der Waals surface area contributed by atoms with Gasteiger partial charge in [-0.1, -0.05) is 13.8 Å². The molecule has 0 unspecified atom stereocenters. The average Bonchev–Trinajstić information content (AvgIpc) is 2.22. The van der Waals surface area contributed by atoms with Gasteiger partial charge in [0.15, 0.2) is 11.6 Å². The quantitative estimate of drug-likeness (QED) is 0.855. The number of sulfonamides is 1. The number of halogens is 2. The van der Waals surface area contributed by atoms with Crippen LogP contribution < -0.4 is 5.73 Å². The van der Waals surface area contributed by atoms with Gasteiger partial charge in [-0.3, -0.25) is 0 Å². The van der Waals surface area contributed by atoms with Crippen LogP contribution in [0.3, 0.4) is 0 Å². The third-order valence-corrected chi connectivity index (χ3v) is 4.15. The number of nitrogens with zero attached hydrogens (tertiary/aromatic N) is 1. The third kappa shape index (κ3) is 2.97. The maximum Gasteiger partial charge on any atom is 0.245 e. The zero-order chi connectivity index (χ0) is 14.1. The van der Waals surface area contributed by atoms with Crippen LogP contribution in [0, 0.1) is 17.6 Å². The smallest absolute Gasteiger partial charge is 0.245 e. The Morgan fingerprint density at radius 2 is 1.89 bits per heavy atom. The molecule has 0 aromatic heterocycles. The van der Waals surface area contributed by atoms with Gasteiger partial charge in [0.2, 0.25) is 10.0 Å². The molecule has 0 spiro atoms. The summed E-state index contributed by atoms with van der Waals surface area (Å²) >= 11 is 0. The van der Waals surface area contributed by atoms with Crippen molar-refractivity contribution < 1.29 is 17.2 Å². The van der Waals surface area contributed by atoms with Crippen molar-refractivity contribution in [2.75, 3.05) is 19.3 Å². The molecule has 0 atom stereocenters. The lowest BCUT2D eigenvalue weighted by Gasteiger charge is -2.19. The highest BCUT2D eigenvalue weighted by Crippen LogP contribution is 2.24. The van der Waals surface area contributed by atoms with Crippen molar-refractivity contribution in [2.24, 2.45) is 5.92 Å². The van der Waals surface area contributed by atoms with E-state index in [9.17, 15) is 17.2 Å². The van der Waals surface area contributed by atoms with Crippen LogP contribution in [0.2, 0.25) is 0 Å². The lowest BCUT2D eigenvalue weighted by atomic mass is 10.2. The number of nitrogens with two attached hydrogens (primary N) is 1. The van der Waals surface area contributed by atoms with Gasteiger partial charge in [-0.05, 0) is 18.1 Å². The summed E-state index contributed by atoms with van der Waals surface area (Å²) < 4.78 is 51.8. The summed E-state index contributed by atoms with van der Waals surface area (Å²) in [5.41, 5.74) is 5.20. The molecule has 0 aliphatic heterocycles. The number of hydrogen-bond acceptors (Lipinski definition) is 3. The summed E-state index contributed by atoms with van der Waals surface area (Å²) in [7, 11) is -2.76. The Kier molecular flexibility index (Phi) is 4.28. The van der Waals surface area contributed by atoms with E-state index in [2.05, 4.69) is 0 Å². The van der Waals surface area contributed by atoms with Crippen molar-refractivity contribution in [2.45, 2.75) is 18.7 Å². The molecule has 0 aliphatic carbocycles. The van der Waals surface area contributed by atoms with E-state index < -0.39 is 26.6 Å². The first-order valence-electron chi connectivity index (χ1n) is 5.37.